The summed E-state index contributed by atoms with van der Waals surface area (Å²) in [6.45, 7) is 0.280. The molecule has 0 saturated heterocycles. The molecule has 1 aromatic carbocycles. The lowest BCUT2D eigenvalue weighted by molar-refractivity contribution is 0.134. The Hall–Kier alpha value is -1.95. The van der Waals surface area contributed by atoms with Crippen molar-refractivity contribution in [3.05, 3.63) is 57.8 Å². The second kappa shape index (κ2) is 6.87. The first-order valence-electron chi connectivity index (χ1n) is 7.19. The highest BCUT2D eigenvalue weighted by atomic mass is 79.9. The number of carbonyl (C=O) groups is 1. The molecule has 0 bridgehead atoms. The Labute approximate surface area is 137 Å². The van der Waals surface area contributed by atoms with E-state index in [0.29, 0.717) is 6.42 Å². The largest absolute Gasteiger partial charge is 0.445 e. The van der Waals surface area contributed by atoms with E-state index in [9.17, 15) is 4.79 Å². The maximum Gasteiger partial charge on any atom is 0.407 e. The molecule has 5 nitrogen and oxygen atoms in total. The Morgan fingerprint density at radius 2 is 2.14 bits per heavy atom. The number of aromatic nitrogens is 2. The van der Waals surface area contributed by atoms with E-state index in [1.807, 2.05) is 36.4 Å². The summed E-state index contributed by atoms with van der Waals surface area (Å²) in [6.07, 6.45) is 2.07. The number of benzene rings is 1. The molecule has 0 radical (unpaired) electrons. The fraction of sp³-hybridized carbons (Fsp3) is 0.312. The van der Waals surface area contributed by atoms with Crippen molar-refractivity contribution in [2.24, 2.45) is 0 Å². The number of aryl methyl sites for hydroxylation is 1. The van der Waals surface area contributed by atoms with Crippen molar-refractivity contribution in [2.45, 2.75) is 31.9 Å². The molecule has 0 spiro atoms. The molecular weight excluding hydrogens is 346 g/mol. The van der Waals surface area contributed by atoms with Crippen molar-refractivity contribution in [2.75, 3.05) is 0 Å². The number of nitrogens with zero attached hydrogens (tertiary/aromatic N) is 2. The lowest BCUT2D eigenvalue weighted by Crippen LogP contribution is -2.39. The first kappa shape index (κ1) is 15.0. The zero-order valence-corrected chi connectivity index (χ0v) is 13.5. The molecule has 1 unspecified atom stereocenters. The predicted octanol–water partition coefficient (Wildman–Crippen LogP) is 3.02. The lowest BCUT2D eigenvalue weighted by atomic mass is 9.93. The molecule has 1 N–H and O–H groups in total. The van der Waals surface area contributed by atoms with E-state index in [-0.39, 0.29) is 18.7 Å². The van der Waals surface area contributed by atoms with Gasteiger partial charge in [-0.15, -0.1) is 5.10 Å². The van der Waals surface area contributed by atoms with E-state index in [0.717, 1.165) is 28.7 Å². The number of ether oxygens (including phenoxy) is 1. The van der Waals surface area contributed by atoms with Gasteiger partial charge in [-0.25, -0.2) is 4.79 Å². The summed E-state index contributed by atoms with van der Waals surface area (Å²) < 4.78 is 5.99. The van der Waals surface area contributed by atoms with Crippen LogP contribution in [-0.2, 0) is 24.2 Å². The number of hydrogen-bond donors (Lipinski definition) is 1. The van der Waals surface area contributed by atoms with Crippen LogP contribution in [0.3, 0.4) is 0 Å². The van der Waals surface area contributed by atoms with Crippen LogP contribution in [0.2, 0.25) is 0 Å². The van der Waals surface area contributed by atoms with Gasteiger partial charge < -0.3 is 10.1 Å². The van der Waals surface area contributed by atoms with Gasteiger partial charge in [0.05, 0.1) is 5.69 Å². The van der Waals surface area contributed by atoms with Gasteiger partial charge in [0.2, 0.25) is 0 Å². The summed E-state index contributed by atoms with van der Waals surface area (Å²) in [5.41, 5.74) is 3.11. The Morgan fingerprint density at radius 1 is 1.32 bits per heavy atom. The molecule has 0 saturated carbocycles. The molecule has 1 aliphatic carbocycles. The SMILES string of the molecule is O=C(NC1CCc2cc(Br)nnc2C1)OCc1ccccc1. The van der Waals surface area contributed by atoms with Crippen molar-refractivity contribution >= 4 is 22.0 Å². The topological polar surface area (TPSA) is 64.1 Å². The van der Waals surface area contributed by atoms with E-state index in [1.54, 1.807) is 0 Å². The second-order valence-electron chi connectivity index (χ2n) is 5.28. The van der Waals surface area contributed by atoms with Crippen LogP contribution in [0, 0.1) is 0 Å². The molecular formula is C16H16BrN3O2. The molecule has 3 rings (SSSR count). The van der Waals surface area contributed by atoms with Gasteiger partial charge in [-0.05, 0) is 46.0 Å². The smallest absolute Gasteiger partial charge is 0.407 e. The highest BCUT2D eigenvalue weighted by molar-refractivity contribution is 9.10. The van der Waals surface area contributed by atoms with Crippen molar-refractivity contribution < 1.29 is 9.53 Å². The maximum atomic E-state index is 11.9. The minimum absolute atomic E-state index is 0.0475. The minimum atomic E-state index is -0.387. The quantitative estimate of drug-likeness (QED) is 0.912. The van der Waals surface area contributed by atoms with Crippen LogP contribution in [0.25, 0.3) is 0 Å². The third kappa shape index (κ3) is 3.82. The molecule has 2 aromatic rings. The Bertz CT molecular complexity index is 664. The van der Waals surface area contributed by atoms with Crippen molar-refractivity contribution in [3.8, 4) is 0 Å². The summed E-state index contributed by atoms with van der Waals surface area (Å²) >= 11 is 3.33. The van der Waals surface area contributed by atoms with Crippen molar-refractivity contribution in [1.82, 2.24) is 15.5 Å². The number of fused-ring (bicyclic) bond motifs is 1. The lowest BCUT2D eigenvalue weighted by Gasteiger charge is -2.24. The molecule has 22 heavy (non-hydrogen) atoms. The third-order valence-corrected chi connectivity index (χ3v) is 4.05. The summed E-state index contributed by atoms with van der Waals surface area (Å²) in [6, 6.07) is 11.7. The van der Waals surface area contributed by atoms with Crippen LogP contribution in [0.4, 0.5) is 4.79 Å². The third-order valence-electron chi connectivity index (χ3n) is 3.67. The van der Waals surface area contributed by atoms with Gasteiger partial charge >= 0.3 is 6.09 Å². The Kier molecular flexibility index (Phi) is 4.68. The molecule has 1 aromatic heterocycles. The second-order valence-corrected chi connectivity index (χ2v) is 6.10. The highest BCUT2D eigenvalue weighted by Gasteiger charge is 2.22. The molecule has 0 fully saturated rings. The van der Waals surface area contributed by atoms with Gasteiger partial charge in [-0.1, -0.05) is 30.3 Å². The summed E-state index contributed by atoms with van der Waals surface area (Å²) in [5, 5.41) is 11.1. The number of alkyl carbamates (subject to hydrolysis) is 1. The zero-order valence-electron chi connectivity index (χ0n) is 12.0. The Balaban J connectivity index is 1.51. The fourth-order valence-corrected chi connectivity index (χ4v) is 2.89. The van der Waals surface area contributed by atoms with Gasteiger partial charge in [0.1, 0.15) is 11.2 Å². The normalized spacial score (nSPS) is 16.7. The van der Waals surface area contributed by atoms with Gasteiger partial charge in [-0.2, -0.15) is 5.10 Å². The summed E-state index contributed by atoms with van der Waals surface area (Å²) in [4.78, 5) is 11.9. The fourth-order valence-electron chi connectivity index (χ4n) is 2.54. The zero-order chi connectivity index (χ0) is 15.4. The van der Waals surface area contributed by atoms with Crippen LogP contribution >= 0.6 is 15.9 Å². The number of hydrogen-bond acceptors (Lipinski definition) is 4. The molecule has 114 valence electrons. The average Bonchev–Trinajstić information content (AvgIpc) is 2.54. The van der Waals surface area contributed by atoms with Crippen LogP contribution in [0.5, 0.6) is 0 Å². The molecule has 1 heterocycles. The number of carbonyl (C=O) groups excluding carboxylic acids is 1. The summed E-state index contributed by atoms with van der Waals surface area (Å²) in [7, 11) is 0. The van der Waals surface area contributed by atoms with Crippen LogP contribution < -0.4 is 5.32 Å². The molecule has 1 amide bonds. The number of nitrogens with one attached hydrogen (secondary N) is 1. The average molecular weight is 362 g/mol. The van der Waals surface area contributed by atoms with E-state index in [1.165, 1.54) is 5.56 Å². The highest BCUT2D eigenvalue weighted by Crippen LogP contribution is 2.21. The van der Waals surface area contributed by atoms with Gasteiger partial charge in [0.15, 0.2) is 0 Å². The number of amides is 1. The van der Waals surface area contributed by atoms with E-state index >= 15 is 0 Å². The maximum absolute atomic E-state index is 11.9. The molecule has 1 aliphatic rings. The number of halogens is 1. The predicted molar refractivity (Wildman–Crippen MR) is 85.3 cm³/mol. The van der Waals surface area contributed by atoms with Gasteiger partial charge in [0, 0.05) is 12.5 Å². The molecule has 1 atom stereocenters. The van der Waals surface area contributed by atoms with Gasteiger partial charge in [-0.3, -0.25) is 0 Å². The standard InChI is InChI=1S/C16H16BrN3O2/c17-15-8-12-6-7-13(9-14(12)19-20-15)18-16(21)22-10-11-4-2-1-3-5-11/h1-5,8,13H,6-7,9-10H2,(H,18,21). The van der Waals surface area contributed by atoms with E-state index in [2.05, 4.69) is 31.4 Å². The Morgan fingerprint density at radius 3 is 2.95 bits per heavy atom. The van der Waals surface area contributed by atoms with E-state index < -0.39 is 0 Å². The van der Waals surface area contributed by atoms with Crippen LogP contribution in [0.1, 0.15) is 23.2 Å². The van der Waals surface area contributed by atoms with Crippen LogP contribution in [0.15, 0.2) is 41.0 Å². The first-order valence-corrected chi connectivity index (χ1v) is 7.98. The van der Waals surface area contributed by atoms with E-state index in [4.69, 9.17) is 4.74 Å². The minimum Gasteiger partial charge on any atom is -0.445 e. The molecule has 0 aliphatic heterocycles. The monoisotopic (exact) mass is 361 g/mol. The summed E-state index contributed by atoms with van der Waals surface area (Å²) in [5.74, 6) is 0. The van der Waals surface area contributed by atoms with Crippen molar-refractivity contribution in [3.63, 3.8) is 0 Å². The number of rotatable bonds is 3. The first-order chi connectivity index (χ1) is 10.7. The van der Waals surface area contributed by atoms with Crippen molar-refractivity contribution in [1.29, 1.82) is 0 Å². The van der Waals surface area contributed by atoms with Crippen LogP contribution in [-0.4, -0.2) is 22.3 Å². The molecule has 6 heteroatoms. The van der Waals surface area contributed by atoms with Gasteiger partial charge in [0.25, 0.3) is 0 Å².